The zero-order chi connectivity index (χ0) is 10.9. The average molecular weight is 230 g/mol. The van der Waals surface area contributed by atoms with E-state index in [4.69, 9.17) is 5.11 Å². The minimum Gasteiger partial charge on any atom is -0.502 e. The minimum absolute atomic E-state index is 0. The first-order valence-corrected chi connectivity index (χ1v) is 3.37. The molecule has 4 nitrogen and oxygen atoms in total. The number of alkyl halides is 3. The molecule has 0 saturated heterocycles. The number of nitrogens with zero attached hydrogens (tertiary/aromatic N) is 1. The van der Waals surface area contributed by atoms with Crippen LogP contribution in [0.15, 0.2) is 18.2 Å². The van der Waals surface area contributed by atoms with Crippen molar-refractivity contribution in [2.45, 2.75) is 6.18 Å². The second-order valence-corrected chi connectivity index (χ2v) is 2.46. The topological polar surface area (TPSA) is 63.4 Å². The Balaban J connectivity index is 0.00000196. The normalized spacial score (nSPS) is 10.6. The standard InChI is InChI=1S/C7H4F3NO3.Na/c8-7(9,10)4-1-2-6(12)5(3-4)11(13)14;/h1-3,12H;. The van der Waals surface area contributed by atoms with Crippen LogP contribution in [0, 0.1) is 10.1 Å². The Morgan fingerprint density at radius 1 is 1.33 bits per heavy atom. The summed E-state index contributed by atoms with van der Waals surface area (Å²) >= 11 is 0. The van der Waals surface area contributed by atoms with Crippen LogP contribution in [-0.2, 0) is 6.18 Å². The van der Waals surface area contributed by atoms with E-state index in [2.05, 4.69) is 0 Å². The minimum atomic E-state index is -4.65. The van der Waals surface area contributed by atoms with E-state index in [1.165, 1.54) is 0 Å². The summed E-state index contributed by atoms with van der Waals surface area (Å²) in [6.45, 7) is 0. The molecule has 0 aliphatic heterocycles. The molecule has 1 aromatic carbocycles. The molecule has 0 bridgehead atoms. The van der Waals surface area contributed by atoms with Crippen molar-refractivity contribution in [1.29, 1.82) is 0 Å². The maximum absolute atomic E-state index is 12.1. The van der Waals surface area contributed by atoms with E-state index in [9.17, 15) is 23.3 Å². The molecular weight excluding hydrogens is 226 g/mol. The second-order valence-electron chi connectivity index (χ2n) is 2.46. The number of phenols is 1. The van der Waals surface area contributed by atoms with Crippen LogP contribution in [0.4, 0.5) is 18.9 Å². The molecule has 1 aromatic rings. The van der Waals surface area contributed by atoms with E-state index in [0.29, 0.717) is 12.1 Å². The maximum Gasteiger partial charge on any atom is 0.416 e. The monoisotopic (exact) mass is 230 g/mol. The molecule has 0 fully saturated rings. The van der Waals surface area contributed by atoms with Gasteiger partial charge in [-0.05, 0) is 12.1 Å². The summed E-state index contributed by atoms with van der Waals surface area (Å²) in [7, 11) is 0. The molecule has 0 saturated carbocycles. The molecule has 8 heteroatoms. The fourth-order valence-corrected chi connectivity index (χ4v) is 0.846. The van der Waals surface area contributed by atoms with Crippen LogP contribution in [0.25, 0.3) is 0 Å². The van der Waals surface area contributed by atoms with Gasteiger partial charge in [0, 0.05) is 35.6 Å². The molecule has 0 aromatic heterocycles. The molecule has 0 unspecified atom stereocenters. The number of halogens is 3. The van der Waals surface area contributed by atoms with Crippen LogP contribution in [0.5, 0.6) is 5.75 Å². The number of nitro groups is 1. The predicted molar refractivity (Wildman–Crippen MR) is 45.5 cm³/mol. The van der Waals surface area contributed by atoms with Crippen molar-refractivity contribution in [3.63, 3.8) is 0 Å². The Morgan fingerprint density at radius 3 is 2.27 bits per heavy atom. The largest absolute Gasteiger partial charge is 0.502 e. The van der Waals surface area contributed by atoms with Crippen molar-refractivity contribution in [1.82, 2.24) is 0 Å². The molecular formula is C7H4F3NNaO3. The van der Waals surface area contributed by atoms with E-state index in [1.807, 2.05) is 0 Å². The van der Waals surface area contributed by atoms with E-state index in [0.717, 1.165) is 0 Å². The summed E-state index contributed by atoms with van der Waals surface area (Å²) in [6.07, 6.45) is -4.65. The summed E-state index contributed by atoms with van der Waals surface area (Å²) < 4.78 is 36.2. The van der Waals surface area contributed by atoms with Crippen LogP contribution in [0.3, 0.4) is 0 Å². The summed E-state index contributed by atoms with van der Waals surface area (Å²) in [6, 6.07) is 1.50. The van der Waals surface area contributed by atoms with Gasteiger partial charge in [-0.25, -0.2) is 0 Å². The van der Waals surface area contributed by atoms with E-state index in [-0.39, 0.29) is 35.6 Å². The van der Waals surface area contributed by atoms with Gasteiger partial charge in [-0.15, -0.1) is 0 Å². The number of benzene rings is 1. The van der Waals surface area contributed by atoms with Gasteiger partial charge in [-0.3, -0.25) is 10.1 Å². The fraction of sp³-hybridized carbons (Fsp3) is 0.143. The van der Waals surface area contributed by atoms with Crippen molar-refractivity contribution in [3.8, 4) is 5.75 Å². The van der Waals surface area contributed by atoms with Crippen molar-refractivity contribution in [3.05, 3.63) is 33.9 Å². The first-order valence-electron chi connectivity index (χ1n) is 3.37. The van der Waals surface area contributed by atoms with Crippen LogP contribution < -0.4 is 0 Å². The van der Waals surface area contributed by atoms with Crippen LogP contribution in [0.1, 0.15) is 5.56 Å². The number of nitro benzene ring substituents is 1. The smallest absolute Gasteiger partial charge is 0.416 e. The van der Waals surface area contributed by atoms with Gasteiger partial charge in [0.15, 0.2) is 5.75 Å². The van der Waals surface area contributed by atoms with E-state index in [1.54, 1.807) is 0 Å². The number of hydrogen-bond acceptors (Lipinski definition) is 3. The molecule has 1 rings (SSSR count). The zero-order valence-electron chi connectivity index (χ0n) is 7.58. The maximum atomic E-state index is 12.1. The number of phenolic OH excluding ortho intramolecular Hbond substituents is 1. The number of rotatable bonds is 1. The fourth-order valence-electron chi connectivity index (χ4n) is 0.846. The third-order valence-electron chi connectivity index (χ3n) is 1.50. The van der Waals surface area contributed by atoms with Gasteiger partial charge in [0.05, 0.1) is 10.5 Å². The molecule has 0 aliphatic carbocycles. The molecule has 1 N–H and O–H groups in total. The third-order valence-corrected chi connectivity index (χ3v) is 1.50. The summed E-state index contributed by atoms with van der Waals surface area (Å²) in [5.74, 6) is -0.789. The van der Waals surface area contributed by atoms with Gasteiger partial charge < -0.3 is 5.11 Å². The zero-order valence-corrected chi connectivity index (χ0v) is 9.58. The first kappa shape index (κ1) is 14.2. The number of hydrogen-bond donors (Lipinski definition) is 1. The van der Waals surface area contributed by atoms with Gasteiger partial charge in [0.1, 0.15) is 0 Å². The van der Waals surface area contributed by atoms with Crippen molar-refractivity contribution in [2.24, 2.45) is 0 Å². The third kappa shape index (κ3) is 3.37. The Kier molecular flexibility index (Phi) is 4.57. The van der Waals surface area contributed by atoms with E-state index < -0.39 is 28.1 Å². The molecule has 0 amide bonds. The van der Waals surface area contributed by atoms with Crippen LogP contribution >= 0.6 is 0 Å². The predicted octanol–water partition coefficient (Wildman–Crippen LogP) is 1.94. The Bertz CT molecular complexity index is 380. The summed E-state index contributed by atoms with van der Waals surface area (Å²) in [5, 5.41) is 19.0. The average Bonchev–Trinajstić information content (AvgIpc) is 2.02. The Morgan fingerprint density at radius 2 is 1.87 bits per heavy atom. The van der Waals surface area contributed by atoms with Gasteiger partial charge in [-0.2, -0.15) is 13.2 Å². The van der Waals surface area contributed by atoms with E-state index >= 15 is 0 Å². The van der Waals surface area contributed by atoms with Crippen LogP contribution in [-0.4, -0.2) is 39.6 Å². The molecule has 0 spiro atoms. The molecule has 1 radical (unpaired) electrons. The first-order chi connectivity index (χ1) is 6.32. The number of aromatic hydroxyl groups is 1. The van der Waals surface area contributed by atoms with Crippen molar-refractivity contribution in [2.75, 3.05) is 0 Å². The molecule has 0 aliphatic rings. The summed E-state index contributed by atoms with van der Waals surface area (Å²) in [5.41, 5.74) is -2.12. The van der Waals surface area contributed by atoms with Crippen LogP contribution in [0.2, 0.25) is 0 Å². The van der Waals surface area contributed by atoms with Gasteiger partial charge in [0.2, 0.25) is 0 Å². The molecule has 0 atom stereocenters. The van der Waals surface area contributed by atoms with Gasteiger partial charge >= 0.3 is 11.9 Å². The molecule has 77 valence electrons. The van der Waals surface area contributed by atoms with Crippen molar-refractivity contribution < 1.29 is 23.2 Å². The molecule has 15 heavy (non-hydrogen) atoms. The van der Waals surface area contributed by atoms with Crippen molar-refractivity contribution >= 4 is 35.2 Å². The second kappa shape index (κ2) is 4.82. The Labute approximate surface area is 104 Å². The Hall–Kier alpha value is -0.790. The molecule has 0 heterocycles. The van der Waals surface area contributed by atoms with Gasteiger partial charge in [-0.1, -0.05) is 0 Å². The van der Waals surface area contributed by atoms with Gasteiger partial charge in [0.25, 0.3) is 0 Å². The SMILES string of the molecule is O=[N+]([O-])c1cc(C(F)(F)F)ccc1O.[Na]. The quantitative estimate of drug-likeness (QED) is 0.455. The summed E-state index contributed by atoms with van der Waals surface area (Å²) in [4.78, 5) is 9.10.